The third kappa shape index (κ3) is 10.6. The van der Waals surface area contributed by atoms with Crippen molar-refractivity contribution in [3.8, 4) is 0 Å². The first-order valence-electron chi connectivity index (χ1n) is 6.14. The van der Waals surface area contributed by atoms with Gasteiger partial charge < -0.3 is 18.2 Å². The maximum absolute atomic E-state index is 10.5. The average Bonchev–Trinajstić information content (AvgIpc) is 2.37. The molecule has 1 N–H and O–H groups in total. The fraction of sp³-hybridized carbons (Fsp3) is 1.00. The van der Waals surface area contributed by atoms with Gasteiger partial charge in [-0.15, -0.1) is 0 Å². The SMILES string of the molecule is CCC[Si](OC)(OC)OC.CCOP(=O)(O)OCC. The summed E-state index contributed by atoms with van der Waals surface area (Å²) >= 11 is 0. The lowest BCUT2D eigenvalue weighted by Crippen LogP contribution is -2.42. The van der Waals surface area contributed by atoms with Crippen LogP contribution in [-0.4, -0.2) is 48.2 Å². The minimum atomic E-state index is -3.69. The molecule has 0 spiro atoms. The monoisotopic (exact) mass is 318 g/mol. The van der Waals surface area contributed by atoms with Gasteiger partial charge in [0.1, 0.15) is 0 Å². The second-order valence-electron chi connectivity index (χ2n) is 3.35. The molecule has 0 bridgehead atoms. The van der Waals surface area contributed by atoms with Gasteiger partial charge in [0, 0.05) is 27.4 Å². The molecule has 9 heteroatoms. The Kier molecular flexibility index (Phi) is 13.6. The predicted octanol–water partition coefficient (Wildman–Crippen LogP) is 2.43. The molecule has 0 aromatic carbocycles. The summed E-state index contributed by atoms with van der Waals surface area (Å²) in [5, 5.41) is 0. The normalized spacial score (nSPS) is 11.9. The Morgan fingerprint density at radius 3 is 1.47 bits per heavy atom. The Labute approximate surface area is 117 Å². The molecule has 0 aliphatic rings. The zero-order chi connectivity index (χ0) is 15.4. The van der Waals surface area contributed by atoms with Crippen LogP contribution < -0.4 is 0 Å². The molecule has 0 aliphatic carbocycles. The molecule has 0 saturated heterocycles. The van der Waals surface area contributed by atoms with E-state index in [1.54, 1.807) is 35.2 Å². The summed E-state index contributed by atoms with van der Waals surface area (Å²) in [5.74, 6) is 0. The van der Waals surface area contributed by atoms with E-state index in [0.717, 1.165) is 12.5 Å². The molecule has 0 saturated carbocycles. The van der Waals surface area contributed by atoms with Crippen molar-refractivity contribution in [3.05, 3.63) is 0 Å². The fourth-order valence-corrected chi connectivity index (χ4v) is 3.68. The summed E-state index contributed by atoms with van der Waals surface area (Å²) in [6.45, 7) is 5.71. The van der Waals surface area contributed by atoms with Crippen LogP contribution in [0.4, 0.5) is 0 Å². The van der Waals surface area contributed by atoms with Gasteiger partial charge in [-0.25, -0.2) is 4.57 Å². The van der Waals surface area contributed by atoms with E-state index < -0.39 is 16.6 Å². The van der Waals surface area contributed by atoms with E-state index >= 15 is 0 Å². The van der Waals surface area contributed by atoms with Crippen molar-refractivity contribution in [1.29, 1.82) is 0 Å². The highest BCUT2D eigenvalue weighted by Crippen LogP contribution is 2.42. The number of phosphoric acid groups is 1. The van der Waals surface area contributed by atoms with Gasteiger partial charge in [-0.2, -0.15) is 0 Å². The van der Waals surface area contributed by atoms with Gasteiger partial charge in [0.15, 0.2) is 0 Å². The highest BCUT2D eigenvalue weighted by atomic mass is 31.2. The van der Waals surface area contributed by atoms with Gasteiger partial charge >= 0.3 is 16.6 Å². The van der Waals surface area contributed by atoms with Crippen molar-refractivity contribution >= 4 is 16.6 Å². The minimum Gasteiger partial charge on any atom is -0.377 e. The van der Waals surface area contributed by atoms with Crippen LogP contribution >= 0.6 is 7.82 Å². The molecule has 0 unspecified atom stereocenters. The van der Waals surface area contributed by atoms with Crippen LogP contribution in [0.15, 0.2) is 0 Å². The number of phosphoric ester groups is 1. The van der Waals surface area contributed by atoms with E-state index in [1.165, 1.54) is 0 Å². The lowest BCUT2D eigenvalue weighted by molar-refractivity contribution is 0.123. The molecule has 0 heterocycles. The van der Waals surface area contributed by atoms with Gasteiger partial charge in [0.25, 0.3) is 0 Å². The van der Waals surface area contributed by atoms with Crippen molar-refractivity contribution in [2.45, 2.75) is 33.2 Å². The molecular formula is C10H27O7PSi. The first kappa shape index (κ1) is 21.5. The predicted molar refractivity (Wildman–Crippen MR) is 75.0 cm³/mol. The van der Waals surface area contributed by atoms with Crippen molar-refractivity contribution in [2.75, 3.05) is 34.5 Å². The van der Waals surface area contributed by atoms with E-state index in [0.29, 0.717) is 0 Å². The molecule has 0 amide bonds. The topological polar surface area (TPSA) is 83.5 Å². The van der Waals surface area contributed by atoms with Crippen LogP contribution in [0.25, 0.3) is 0 Å². The summed E-state index contributed by atoms with van der Waals surface area (Å²) in [4.78, 5) is 8.63. The van der Waals surface area contributed by atoms with Gasteiger partial charge in [-0.3, -0.25) is 9.05 Å². The molecule has 0 rings (SSSR count). The molecule has 118 valence electrons. The molecule has 0 aliphatic heterocycles. The third-order valence-corrected chi connectivity index (χ3v) is 6.22. The number of hydrogen-bond donors (Lipinski definition) is 1. The first-order chi connectivity index (χ1) is 8.86. The molecule has 0 fully saturated rings. The quantitative estimate of drug-likeness (QED) is 0.516. The Balaban J connectivity index is 0. The lowest BCUT2D eigenvalue weighted by Gasteiger charge is -2.23. The summed E-state index contributed by atoms with van der Waals surface area (Å²) in [6, 6.07) is 0.885. The van der Waals surface area contributed by atoms with Gasteiger partial charge in [0.05, 0.1) is 13.2 Å². The molecule has 0 aromatic heterocycles. The van der Waals surface area contributed by atoms with Crippen LogP contribution in [0.1, 0.15) is 27.2 Å². The maximum Gasteiger partial charge on any atom is 0.500 e. The molecule has 0 aromatic rings. The van der Waals surface area contributed by atoms with E-state index in [1.807, 2.05) is 0 Å². The first-order valence-corrected chi connectivity index (χ1v) is 9.56. The highest BCUT2D eigenvalue weighted by Gasteiger charge is 2.36. The smallest absolute Gasteiger partial charge is 0.377 e. The van der Waals surface area contributed by atoms with E-state index in [2.05, 4.69) is 16.0 Å². The van der Waals surface area contributed by atoms with Crippen molar-refractivity contribution in [1.82, 2.24) is 0 Å². The summed E-state index contributed by atoms with van der Waals surface area (Å²) < 4.78 is 34.8. The van der Waals surface area contributed by atoms with E-state index in [-0.39, 0.29) is 13.2 Å². The Morgan fingerprint density at radius 1 is 0.947 bits per heavy atom. The minimum absolute atomic E-state index is 0.188. The van der Waals surface area contributed by atoms with Crippen LogP contribution in [0, 0.1) is 0 Å². The Morgan fingerprint density at radius 2 is 1.32 bits per heavy atom. The number of hydrogen-bond acceptors (Lipinski definition) is 6. The summed E-state index contributed by atoms with van der Waals surface area (Å²) in [7, 11) is -1.01. The van der Waals surface area contributed by atoms with Crippen molar-refractivity contribution in [2.24, 2.45) is 0 Å². The average molecular weight is 318 g/mol. The van der Waals surface area contributed by atoms with Crippen LogP contribution in [0.3, 0.4) is 0 Å². The zero-order valence-electron chi connectivity index (χ0n) is 12.7. The standard InChI is InChI=1S/C6H16O3Si.C4H11O4P/c1-5-6-10(7-2,8-3)9-4;1-3-7-9(5,6)8-4-2/h5-6H2,1-4H3;3-4H2,1-2H3,(H,5,6). The molecule has 0 radical (unpaired) electrons. The van der Waals surface area contributed by atoms with E-state index in [9.17, 15) is 4.57 Å². The lowest BCUT2D eigenvalue weighted by atomic mass is 10.6. The van der Waals surface area contributed by atoms with Crippen LogP contribution in [-0.2, 0) is 26.9 Å². The fourth-order valence-electron chi connectivity index (χ4n) is 1.23. The van der Waals surface area contributed by atoms with E-state index in [4.69, 9.17) is 18.2 Å². The molecule has 19 heavy (non-hydrogen) atoms. The van der Waals surface area contributed by atoms with Crippen LogP contribution in [0.2, 0.25) is 6.04 Å². The van der Waals surface area contributed by atoms with Crippen molar-refractivity contribution < 1.29 is 31.8 Å². The Hall–Kier alpha value is 0.207. The Bertz CT molecular complexity index is 230. The largest absolute Gasteiger partial charge is 0.500 e. The van der Waals surface area contributed by atoms with Gasteiger partial charge in [-0.1, -0.05) is 13.3 Å². The maximum atomic E-state index is 10.5. The highest BCUT2D eigenvalue weighted by molar-refractivity contribution is 7.47. The van der Waals surface area contributed by atoms with Crippen molar-refractivity contribution in [3.63, 3.8) is 0 Å². The zero-order valence-corrected chi connectivity index (χ0v) is 14.6. The second kappa shape index (κ2) is 12.0. The molecule has 0 atom stereocenters. The van der Waals surface area contributed by atoms with Gasteiger partial charge in [-0.05, 0) is 13.8 Å². The summed E-state index contributed by atoms with van der Waals surface area (Å²) in [5.41, 5.74) is 0. The molecular weight excluding hydrogens is 291 g/mol. The molecule has 7 nitrogen and oxygen atoms in total. The third-order valence-electron chi connectivity index (χ3n) is 2.07. The van der Waals surface area contributed by atoms with Gasteiger partial charge in [0.2, 0.25) is 0 Å². The van der Waals surface area contributed by atoms with Crippen LogP contribution in [0.5, 0.6) is 0 Å². The number of rotatable bonds is 9. The summed E-state index contributed by atoms with van der Waals surface area (Å²) in [6.07, 6.45) is 1.03. The second-order valence-corrected chi connectivity index (χ2v) is 7.89.